The first-order chi connectivity index (χ1) is 9.61. The van der Waals surface area contributed by atoms with Crippen LogP contribution in [0.5, 0.6) is 0 Å². The Morgan fingerprint density at radius 3 is 2.70 bits per heavy atom. The summed E-state index contributed by atoms with van der Waals surface area (Å²) in [5.74, 6) is 0.746. The summed E-state index contributed by atoms with van der Waals surface area (Å²) in [6.45, 7) is 2.04. The predicted octanol–water partition coefficient (Wildman–Crippen LogP) is 4.07. The standard InChI is InChI=1S/C15H12N2O2S/c1-11-4-2-3-5-13(11)10-20-14-7-6-12(9-16)15(8-14)17(18)19/h2-8H,10H2,1H3. The molecule has 0 aromatic heterocycles. The Bertz CT molecular complexity index is 693. The van der Waals surface area contributed by atoms with E-state index in [0.717, 1.165) is 10.6 Å². The summed E-state index contributed by atoms with van der Waals surface area (Å²) in [5.41, 5.74) is 2.35. The van der Waals surface area contributed by atoms with Crippen molar-refractivity contribution in [2.24, 2.45) is 0 Å². The van der Waals surface area contributed by atoms with E-state index in [1.807, 2.05) is 37.3 Å². The summed E-state index contributed by atoms with van der Waals surface area (Å²) in [6, 6.07) is 14.6. The molecule has 0 aliphatic carbocycles. The van der Waals surface area contributed by atoms with Crippen molar-refractivity contribution >= 4 is 17.4 Å². The number of aryl methyl sites for hydroxylation is 1. The fourth-order valence-electron chi connectivity index (χ4n) is 1.78. The van der Waals surface area contributed by atoms with E-state index in [0.29, 0.717) is 0 Å². The Hall–Kier alpha value is -2.32. The molecule has 0 bridgehead atoms. The third-order valence-electron chi connectivity index (χ3n) is 2.94. The average Bonchev–Trinajstić information content (AvgIpc) is 2.46. The highest BCUT2D eigenvalue weighted by molar-refractivity contribution is 7.98. The third-order valence-corrected chi connectivity index (χ3v) is 3.98. The maximum Gasteiger partial charge on any atom is 0.288 e. The van der Waals surface area contributed by atoms with Crippen LogP contribution in [0.15, 0.2) is 47.4 Å². The van der Waals surface area contributed by atoms with E-state index < -0.39 is 4.92 Å². The van der Waals surface area contributed by atoms with E-state index in [2.05, 4.69) is 0 Å². The molecule has 2 aromatic rings. The van der Waals surface area contributed by atoms with Crippen LogP contribution in [0.2, 0.25) is 0 Å². The smallest absolute Gasteiger partial charge is 0.258 e. The third kappa shape index (κ3) is 3.16. The second-order valence-corrected chi connectivity index (χ2v) is 5.31. The topological polar surface area (TPSA) is 66.9 Å². The van der Waals surface area contributed by atoms with Crippen LogP contribution >= 0.6 is 11.8 Å². The van der Waals surface area contributed by atoms with E-state index in [1.165, 1.54) is 35.0 Å². The molecule has 0 heterocycles. The molecule has 2 aromatic carbocycles. The molecule has 0 fully saturated rings. The molecule has 0 saturated heterocycles. The van der Waals surface area contributed by atoms with Crippen molar-refractivity contribution < 1.29 is 4.92 Å². The van der Waals surface area contributed by atoms with Crippen LogP contribution < -0.4 is 0 Å². The monoisotopic (exact) mass is 284 g/mol. The summed E-state index contributed by atoms with van der Waals surface area (Å²) < 4.78 is 0. The maximum atomic E-state index is 10.9. The largest absolute Gasteiger partial charge is 0.288 e. The number of nitro benzene ring substituents is 1. The van der Waals surface area contributed by atoms with Crippen molar-refractivity contribution in [2.75, 3.05) is 0 Å². The van der Waals surface area contributed by atoms with Crippen molar-refractivity contribution in [2.45, 2.75) is 17.6 Å². The normalized spacial score (nSPS) is 10.0. The summed E-state index contributed by atoms with van der Waals surface area (Å²) in [6.07, 6.45) is 0. The number of nitriles is 1. The number of nitro groups is 1. The number of rotatable bonds is 4. The van der Waals surface area contributed by atoms with Crippen LogP contribution in [-0.2, 0) is 5.75 Å². The minimum absolute atomic E-state index is 0.0928. The number of hydrogen-bond donors (Lipinski definition) is 0. The fraction of sp³-hybridized carbons (Fsp3) is 0.133. The fourth-order valence-corrected chi connectivity index (χ4v) is 2.79. The molecule has 0 aliphatic rings. The zero-order chi connectivity index (χ0) is 14.5. The Kier molecular flexibility index (Phi) is 4.38. The molecule has 0 atom stereocenters. The van der Waals surface area contributed by atoms with Crippen LogP contribution in [0, 0.1) is 28.4 Å². The molecule has 0 aliphatic heterocycles. The van der Waals surface area contributed by atoms with Gasteiger partial charge >= 0.3 is 0 Å². The molecule has 0 amide bonds. The Morgan fingerprint density at radius 1 is 1.30 bits per heavy atom. The van der Waals surface area contributed by atoms with Gasteiger partial charge in [-0.25, -0.2) is 0 Å². The number of nitrogens with zero attached hydrogens (tertiary/aromatic N) is 2. The van der Waals surface area contributed by atoms with Gasteiger partial charge < -0.3 is 0 Å². The predicted molar refractivity (Wildman–Crippen MR) is 78.6 cm³/mol. The highest BCUT2D eigenvalue weighted by atomic mass is 32.2. The van der Waals surface area contributed by atoms with E-state index in [-0.39, 0.29) is 11.3 Å². The SMILES string of the molecule is Cc1ccccc1CSc1ccc(C#N)c([N+](=O)[O-])c1. The van der Waals surface area contributed by atoms with E-state index in [1.54, 1.807) is 6.07 Å². The number of thioether (sulfide) groups is 1. The van der Waals surface area contributed by atoms with Crippen LogP contribution in [0.4, 0.5) is 5.69 Å². The molecule has 0 N–H and O–H groups in total. The lowest BCUT2D eigenvalue weighted by atomic mass is 10.1. The second kappa shape index (κ2) is 6.22. The molecule has 0 unspecified atom stereocenters. The van der Waals surface area contributed by atoms with Crippen molar-refractivity contribution in [1.82, 2.24) is 0 Å². The first-order valence-electron chi connectivity index (χ1n) is 5.97. The van der Waals surface area contributed by atoms with Crippen LogP contribution in [0.25, 0.3) is 0 Å². The highest BCUT2D eigenvalue weighted by Gasteiger charge is 2.14. The maximum absolute atomic E-state index is 10.9. The molecule has 5 heteroatoms. The van der Waals surface area contributed by atoms with Gasteiger partial charge in [-0.05, 0) is 30.2 Å². The minimum Gasteiger partial charge on any atom is -0.258 e. The van der Waals surface area contributed by atoms with Gasteiger partial charge in [-0.2, -0.15) is 5.26 Å². The van der Waals surface area contributed by atoms with Gasteiger partial charge in [-0.15, -0.1) is 11.8 Å². The first-order valence-corrected chi connectivity index (χ1v) is 6.96. The minimum atomic E-state index is -0.517. The van der Waals surface area contributed by atoms with Crippen molar-refractivity contribution in [1.29, 1.82) is 5.26 Å². The first kappa shape index (κ1) is 14.1. The summed E-state index contributed by atoms with van der Waals surface area (Å²) in [5, 5.41) is 19.7. The lowest BCUT2D eigenvalue weighted by Crippen LogP contribution is -1.92. The van der Waals surface area contributed by atoms with Gasteiger partial charge in [0, 0.05) is 16.7 Å². The van der Waals surface area contributed by atoms with Crippen LogP contribution in [0.3, 0.4) is 0 Å². The van der Waals surface area contributed by atoms with Crippen molar-refractivity contribution in [3.05, 3.63) is 69.3 Å². The number of hydrogen-bond acceptors (Lipinski definition) is 4. The van der Waals surface area contributed by atoms with Gasteiger partial charge in [0.15, 0.2) is 0 Å². The molecule has 4 nitrogen and oxygen atoms in total. The van der Waals surface area contributed by atoms with Crippen molar-refractivity contribution in [3.8, 4) is 6.07 Å². The molecular weight excluding hydrogens is 272 g/mol. The Labute approximate surface area is 121 Å². The van der Waals surface area contributed by atoms with Crippen molar-refractivity contribution in [3.63, 3.8) is 0 Å². The molecule has 0 radical (unpaired) electrons. The Morgan fingerprint density at radius 2 is 2.05 bits per heavy atom. The van der Waals surface area contributed by atoms with Gasteiger partial charge in [0.25, 0.3) is 5.69 Å². The van der Waals surface area contributed by atoms with E-state index >= 15 is 0 Å². The molecule has 20 heavy (non-hydrogen) atoms. The quantitative estimate of drug-likeness (QED) is 0.482. The molecule has 0 saturated carbocycles. The van der Waals surface area contributed by atoms with Crippen LogP contribution in [-0.4, -0.2) is 4.92 Å². The summed E-state index contributed by atoms with van der Waals surface area (Å²) >= 11 is 1.52. The molecule has 100 valence electrons. The Balaban J connectivity index is 2.19. The molecule has 0 spiro atoms. The molecule has 2 rings (SSSR count). The van der Waals surface area contributed by atoms with E-state index in [9.17, 15) is 10.1 Å². The summed E-state index contributed by atoms with van der Waals surface area (Å²) in [4.78, 5) is 11.2. The van der Waals surface area contributed by atoms with Gasteiger partial charge in [-0.3, -0.25) is 10.1 Å². The zero-order valence-electron chi connectivity index (χ0n) is 10.9. The van der Waals surface area contributed by atoms with Gasteiger partial charge in [0.1, 0.15) is 11.6 Å². The lowest BCUT2D eigenvalue weighted by molar-refractivity contribution is -0.385. The van der Waals surface area contributed by atoms with Gasteiger partial charge in [0.2, 0.25) is 0 Å². The van der Waals surface area contributed by atoms with Crippen LogP contribution in [0.1, 0.15) is 16.7 Å². The highest BCUT2D eigenvalue weighted by Crippen LogP contribution is 2.29. The molecular formula is C15H12N2O2S. The summed E-state index contributed by atoms with van der Waals surface area (Å²) in [7, 11) is 0. The second-order valence-electron chi connectivity index (χ2n) is 4.26. The van der Waals surface area contributed by atoms with Gasteiger partial charge in [-0.1, -0.05) is 24.3 Å². The zero-order valence-corrected chi connectivity index (χ0v) is 11.7. The van der Waals surface area contributed by atoms with E-state index in [4.69, 9.17) is 5.26 Å². The van der Waals surface area contributed by atoms with Gasteiger partial charge in [0.05, 0.1) is 4.92 Å². The average molecular weight is 284 g/mol. The lowest BCUT2D eigenvalue weighted by Gasteiger charge is -2.05. The number of benzene rings is 2.